The van der Waals surface area contributed by atoms with E-state index >= 15 is 0 Å². The number of rotatable bonds is 2. The summed E-state index contributed by atoms with van der Waals surface area (Å²) >= 11 is 5.95. The van der Waals surface area contributed by atoms with E-state index in [2.05, 4.69) is 11.1 Å². The highest BCUT2D eigenvalue weighted by Gasteiger charge is 2.25. The van der Waals surface area contributed by atoms with Crippen LogP contribution in [-0.4, -0.2) is 4.98 Å². The minimum atomic E-state index is -0.578. The Morgan fingerprint density at radius 2 is 1.80 bits per heavy atom. The van der Waals surface area contributed by atoms with Crippen molar-refractivity contribution in [2.45, 2.75) is 12.5 Å². The monoisotopic (exact) mass is 282 g/mol. The summed E-state index contributed by atoms with van der Waals surface area (Å²) in [5.74, 6) is 0. The highest BCUT2D eigenvalue weighted by Crippen LogP contribution is 2.32. The van der Waals surface area contributed by atoms with Crippen molar-refractivity contribution in [3.05, 3.63) is 77.1 Å². The summed E-state index contributed by atoms with van der Waals surface area (Å²) in [5.41, 5.74) is 8.15. The van der Waals surface area contributed by atoms with Gasteiger partial charge in [0.25, 0.3) is 0 Å². The number of nitrogens with two attached hydrogens (primary N) is 1. The van der Waals surface area contributed by atoms with E-state index in [0.717, 1.165) is 21.9 Å². The van der Waals surface area contributed by atoms with Gasteiger partial charge in [-0.1, -0.05) is 41.9 Å². The summed E-state index contributed by atoms with van der Waals surface area (Å²) in [5, 5.41) is 2.93. The van der Waals surface area contributed by atoms with E-state index in [-0.39, 0.29) is 0 Å². The van der Waals surface area contributed by atoms with Crippen LogP contribution in [0.1, 0.15) is 18.1 Å². The van der Waals surface area contributed by atoms with Gasteiger partial charge in [0.2, 0.25) is 0 Å². The van der Waals surface area contributed by atoms with Crippen LogP contribution in [0, 0.1) is 0 Å². The maximum Gasteiger partial charge on any atom is 0.0643 e. The number of fused-ring (bicyclic) bond motifs is 1. The second-order valence-corrected chi connectivity index (χ2v) is 5.55. The Balaban J connectivity index is 2.20. The van der Waals surface area contributed by atoms with E-state index < -0.39 is 5.54 Å². The lowest BCUT2D eigenvalue weighted by Crippen LogP contribution is -2.34. The first-order valence-electron chi connectivity index (χ1n) is 6.47. The zero-order valence-electron chi connectivity index (χ0n) is 11.2. The fourth-order valence-electron chi connectivity index (χ4n) is 2.53. The average molecular weight is 283 g/mol. The third kappa shape index (κ3) is 2.17. The minimum absolute atomic E-state index is 0.578. The summed E-state index contributed by atoms with van der Waals surface area (Å²) in [7, 11) is 0. The fraction of sp³-hybridized carbons (Fsp3) is 0.118. The van der Waals surface area contributed by atoms with E-state index in [1.165, 1.54) is 0 Å². The van der Waals surface area contributed by atoms with Crippen molar-refractivity contribution in [2.75, 3.05) is 0 Å². The Labute approximate surface area is 123 Å². The molecule has 3 aromatic rings. The molecule has 20 heavy (non-hydrogen) atoms. The molecule has 0 radical (unpaired) electrons. The van der Waals surface area contributed by atoms with E-state index in [1.54, 1.807) is 6.20 Å². The van der Waals surface area contributed by atoms with Crippen molar-refractivity contribution < 1.29 is 0 Å². The molecule has 1 atom stereocenters. The van der Waals surface area contributed by atoms with Crippen LogP contribution in [0.2, 0.25) is 5.02 Å². The van der Waals surface area contributed by atoms with Crippen LogP contribution in [0.15, 0.2) is 60.9 Å². The molecule has 0 spiro atoms. The quantitative estimate of drug-likeness (QED) is 0.768. The van der Waals surface area contributed by atoms with Gasteiger partial charge >= 0.3 is 0 Å². The van der Waals surface area contributed by atoms with Crippen molar-refractivity contribution in [2.24, 2.45) is 5.73 Å². The summed E-state index contributed by atoms with van der Waals surface area (Å²) in [6, 6.07) is 15.8. The van der Waals surface area contributed by atoms with Gasteiger partial charge < -0.3 is 5.73 Å². The fourth-order valence-corrected chi connectivity index (χ4v) is 2.65. The molecule has 0 aliphatic rings. The lowest BCUT2D eigenvalue weighted by atomic mass is 9.83. The standard InChI is InChI=1S/C17H15ClN2/c1-17(19,13-5-7-14(18)8-6-13)16-4-2-3-12-11-20-10-9-15(12)16/h2-11H,19H2,1H3. The van der Waals surface area contributed by atoms with Crippen LogP contribution in [0.4, 0.5) is 0 Å². The van der Waals surface area contributed by atoms with Crippen molar-refractivity contribution in [1.82, 2.24) is 4.98 Å². The molecule has 0 saturated carbocycles. The molecule has 0 amide bonds. The summed E-state index contributed by atoms with van der Waals surface area (Å²) < 4.78 is 0. The van der Waals surface area contributed by atoms with Gasteiger partial charge in [-0.25, -0.2) is 0 Å². The molecule has 1 unspecified atom stereocenters. The molecule has 3 rings (SSSR count). The Hall–Kier alpha value is -1.90. The van der Waals surface area contributed by atoms with E-state index in [9.17, 15) is 0 Å². The molecule has 0 aliphatic heterocycles. The topological polar surface area (TPSA) is 38.9 Å². The summed E-state index contributed by atoms with van der Waals surface area (Å²) in [6.45, 7) is 2.02. The number of nitrogens with zero attached hydrogens (tertiary/aromatic N) is 1. The van der Waals surface area contributed by atoms with Crippen molar-refractivity contribution >= 4 is 22.4 Å². The predicted octanol–water partition coefficient (Wildman–Crippen LogP) is 4.11. The number of pyridine rings is 1. The number of halogens is 1. The molecule has 0 fully saturated rings. The molecule has 1 heterocycles. The van der Waals surface area contributed by atoms with Gasteiger partial charge in [-0.15, -0.1) is 0 Å². The lowest BCUT2D eigenvalue weighted by Gasteiger charge is -2.27. The number of hydrogen-bond acceptors (Lipinski definition) is 2. The Kier molecular flexibility index (Phi) is 3.20. The van der Waals surface area contributed by atoms with Gasteiger partial charge in [0.1, 0.15) is 0 Å². The van der Waals surface area contributed by atoms with Crippen molar-refractivity contribution in [3.8, 4) is 0 Å². The minimum Gasteiger partial charge on any atom is -0.318 e. The third-order valence-corrected chi connectivity index (χ3v) is 3.94. The predicted molar refractivity (Wildman–Crippen MR) is 83.8 cm³/mol. The van der Waals surface area contributed by atoms with Gasteiger partial charge in [0.05, 0.1) is 5.54 Å². The van der Waals surface area contributed by atoms with E-state index in [4.69, 9.17) is 17.3 Å². The van der Waals surface area contributed by atoms with Crippen LogP contribution in [0.25, 0.3) is 10.8 Å². The van der Waals surface area contributed by atoms with E-state index in [0.29, 0.717) is 5.02 Å². The van der Waals surface area contributed by atoms with Crippen LogP contribution in [-0.2, 0) is 5.54 Å². The summed E-state index contributed by atoms with van der Waals surface area (Å²) in [6.07, 6.45) is 3.65. The smallest absolute Gasteiger partial charge is 0.0643 e. The number of aromatic nitrogens is 1. The zero-order valence-corrected chi connectivity index (χ0v) is 11.9. The zero-order chi connectivity index (χ0) is 14.2. The van der Waals surface area contributed by atoms with E-state index in [1.807, 2.05) is 55.6 Å². The Bertz CT molecular complexity index is 743. The van der Waals surface area contributed by atoms with Gasteiger partial charge in [-0.05, 0) is 41.6 Å². The Morgan fingerprint density at radius 1 is 1.05 bits per heavy atom. The molecular formula is C17H15ClN2. The SMILES string of the molecule is CC(N)(c1ccc(Cl)cc1)c1cccc2cnccc12. The van der Waals surface area contributed by atoms with Crippen LogP contribution >= 0.6 is 11.6 Å². The highest BCUT2D eigenvalue weighted by atomic mass is 35.5. The maximum atomic E-state index is 6.61. The molecular weight excluding hydrogens is 268 g/mol. The van der Waals surface area contributed by atoms with Crippen LogP contribution < -0.4 is 5.73 Å². The highest BCUT2D eigenvalue weighted by molar-refractivity contribution is 6.30. The molecule has 3 heteroatoms. The number of benzene rings is 2. The van der Waals surface area contributed by atoms with Crippen molar-refractivity contribution in [1.29, 1.82) is 0 Å². The first-order chi connectivity index (χ1) is 9.59. The van der Waals surface area contributed by atoms with Crippen molar-refractivity contribution in [3.63, 3.8) is 0 Å². The molecule has 0 bridgehead atoms. The first-order valence-corrected chi connectivity index (χ1v) is 6.85. The molecule has 1 aromatic heterocycles. The molecule has 2 N–H and O–H groups in total. The lowest BCUT2D eigenvalue weighted by molar-refractivity contribution is 0.609. The maximum absolute atomic E-state index is 6.61. The van der Waals surface area contributed by atoms with Gasteiger partial charge in [0, 0.05) is 22.8 Å². The molecule has 2 nitrogen and oxygen atoms in total. The third-order valence-electron chi connectivity index (χ3n) is 3.68. The molecule has 0 saturated heterocycles. The second kappa shape index (κ2) is 4.89. The molecule has 2 aromatic carbocycles. The molecule has 100 valence electrons. The van der Waals surface area contributed by atoms with Crippen LogP contribution in [0.5, 0.6) is 0 Å². The number of hydrogen-bond donors (Lipinski definition) is 1. The second-order valence-electron chi connectivity index (χ2n) is 5.11. The van der Waals surface area contributed by atoms with Crippen LogP contribution in [0.3, 0.4) is 0 Å². The average Bonchev–Trinajstić information content (AvgIpc) is 2.47. The van der Waals surface area contributed by atoms with Gasteiger partial charge in [0.15, 0.2) is 0 Å². The molecule has 0 aliphatic carbocycles. The normalized spacial score (nSPS) is 14.2. The summed E-state index contributed by atoms with van der Waals surface area (Å²) in [4.78, 5) is 4.16. The van der Waals surface area contributed by atoms with Gasteiger partial charge in [-0.3, -0.25) is 4.98 Å². The Morgan fingerprint density at radius 3 is 2.55 bits per heavy atom. The largest absolute Gasteiger partial charge is 0.318 e. The van der Waals surface area contributed by atoms with Gasteiger partial charge in [-0.2, -0.15) is 0 Å². The first kappa shape index (κ1) is 13.1.